The van der Waals surface area contributed by atoms with Crippen molar-refractivity contribution in [3.05, 3.63) is 24.4 Å². The average molecular weight is 313 g/mol. The topological polar surface area (TPSA) is 21.1 Å². The summed E-state index contributed by atoms with van der Waals surface area (Å²) in [6.45, 7) is 7.03. The third kappa shape index (κ3) is 4.07. The quantitative estimate of drug-likeness (QED) is 0.748. The maximum Gasteiger partial charge on any atom is 0.0680 e. The van der Waals surface area contributed by atoms with Crippen molar-refractivity contribution in [1.82, 2.24) is 9.78 Å². The lowest BCUT2D eigenvalue weighted by molar-refractivity contribution is 0.356. The van der Waals surface area contributed by atoms with E-state index in [1.165, 1.54) is 68.2 Å². The lowest BCUT2D eigenvalue weighted by atomic mass is 9.88. The molecular weight excluding hydrogens is 282 g/mol. The molecule has 0 N–H and O–H groups in total. The van der Waals surface area contributed by atoms with Gasteiger partial charge in [0.1, 0.15) is 0 Å². The summed E-state index contributed by atoms with van der Waals surface area (Å²) in [5, 5.41) is 5.64. The predicted octanol–water partition coefficient (Wildman–Crippen LogP) is 5.01. The Morgan fingerprint density at radius 2 is 2.00 bits per heavy atom. The number of benzene rings is 1. The highest BCUT2D eigenvalue weighted by atomic mass is 15.2. The van der Waals surface area contributed by atoms with Crippen LogP contribution in [0.3, 0.4) is 0 Å². The van der Waals surface area contributed by atoms with Gasteiger partial charge >= 0.3 is 0 Å². The Kier molecular flexibility index (Phi) is 5.24. The molecule has 0 bridgehead atoms. The van der Waals surface area contributed by atoms with Crippen LogP contribution in [-0.4, -0.2) is 22.9 Å². The van der Waals surface area contributed by atoms with Crippen molar-refractivity contribution in [3.63, 3.8) is 0 Å². The maximum absolute atomic E-state index is 4.38. The number of rotatable bonds is 6. The largest absolute Gasteiger partial charge is 0.371 e. The van der Waals surface area contributed by atoms with Gasteiger partial charge in [-0.05, 0) is 49.3 Å². The zero-order valence-electron chi connectivity index (χ0n) is 15.0. The van der Waals surface area contributed by atoms with Gasteiger partial charge < -0.3 is 4.90 Å². The minimum absolute atomic E-state index is 0.756. The molecule has 1 aromatic heterocycles. The van der Waals surface area contributed by atoms with Crippen LogP contribution in [0.4, 0.5) is 5.69 Å². The van der Waals surface area contributed by atoms with E-state index in [1.807, 2.05) is 17.9 Å². The van der Waals surface area contributed by atoms with E-state index in [-0.39, 0.29) is 0 Å². The molecule has 0 amide bonds. The number of aromatic nitrogens is 2. The van der Waals surface area contributed by atoms with Crippen LogP contribution >= 0.6 is 0 Å². The van der Waals surface area contributed by atoms with Crippen LogP contribution in [-0.2, 0) is 7.05 Å². The van der Waals surface area contributed by atoms with Gasteiger partial charge in [-0.2, -0.15) is 5.10 Å². The van der Waals surface area contributed by atoms with Gasteiger partial charge in [0.25, 0.3) is 0 Å². The molecule has 126 valence electrons. The van der Waals surface area contributed by atoms with Crippen LogP contribution in [0.15, 0.2) is 24.4 Å². The predicted molar refractivity (Wildman–Crippen MR) is 99.0 cm³/mol. The molecule has 1 aliphatic carbocycles. The molecule has 0 spiro atoms. The molecule has 3 heteroatoms. The van der Waals surface area contributed by atoms with E-state index in [2.05, 4.69) is 42.0 Å². The number of nitrogens with zero attached hydrogens (tertiary/aromatic N) is 3. The highest BCUT2D eigenvalue weighted by Crippen LogP contribution is 2.28. The molecule has 3 rings (SSSR count). The van der Waals surface area contributed by atoms with Gasteiger partial charge in [-0.1, -0.05) is 33.1 Å². The average Bonchev–Trinajstić information content (AvgIpc) is 2.93. The molecule has 3 nitrogen and oxygen atoms in total. The highest BCUT2D eigenvalue weighted by molar-refractivity contribution is 5.82. The van der Waals surface area contributed by atoms with Gasteiger partial charge in [-0.25, -0.2) is 0 Å². The van der Waals surface area contributed by atoms with Crippen LogP contribution in [0, 0.1) is 11.8 Å². The summed E-state index contributed by atoms with van der Waals surface area (Å²) in [6.07, 6.45) is 10.3. The molecule has 2 aromatic rings. The Morgan fingerprint density at radius 3 is 2.74 bits per heavy atom. The second-order valence-corrected chi connectivity index (χ2v) is 7.64. The zero-order chi connectivity index (χ0) is 16.2. The number of aryl methyl sites for hydroxylation is 1. The summed E-state index contributed by atoms with van der Waals surface area (Å²) in [5.41, 5.74) is 2.59. The molecule has 0 unspecified atom stereocenters. The third-order valence-electron chi connectivity index (χ3n) is 5.27. The van der Waals surface area contributed by atoms with E-state index in [9.17, 15) is 0 Å². The van der Waals surface area contributed by atoms with Crippen molar-refractivity contribution in [3.8, 4) is 0 Å². The first kappa shape index (κ1) is 16.4. The molecule has 23 heavy (non-hydrogen) atoms. The number of hydrogen-bond donors (Lipinski definition) is 0. The van der Waals surface area contributed by atoms with Crippen molar-refractivity contribution in [2.75, 3.05) is 18.0 Å². The molecule has 0 aliphatic heterocycles. The van der Waals surface area contributed by atoms with Crippen molar-refractivity contribution < 1.29 is 0 Å². The molecular formula is C20H31N3. The fraction of sp³-hybridized carbons (Fsp3) is 0.650. The summed E-state index contributed by atoms with van der Waals surface area (Å²) < 4.78 is 1.96. The van der Waals surface area contributed by atoms with Crippen LogP contribution in [0.1, 0.15) is 52.4 Å². The highest BCUT2D eigenvalue weighted by Gasteiger charge is 2.18. The van der Waals surface area contributed by atoms with Gasteiger partial charge in [-0.15, -0.1) is 0 Å². The monoisotopic (exact) mass is 313 g/mol. The number of fused-ring (bicyclic) bond motifs is 1. The van der Waals surface area contributed by atoms with Gasteiger partial charge in [0.05, 0.1) is 11.7 Å². The van der Waals surface area contributed by atoms with Crippen LogP contribution in [0.25, 0.3) is 10.9 Å². The lowest BCUT2D eigenvalue weighted by Crippen LogP contribution is -2.32. The van der Waals surface area contributed by atoms with Crippen LogP contribution in [0.5, 0.6) is 0 Å². The minimum Gasteiger partial charge on any atom is -0.371 e. The van der Waals surface area contributed by atoms with E-state index in [0.717, 1.165) is 11.8 Å². The van der Waals surface area contributed by atoms with Crippen molar-refractivity contribution in [1.29, 1.82) is 0 Å². The first-order chi connectivity index (χ1) is 11.1. The van der Waals surface area contributed by atoms with Gasteiger partial charge in [0, 0.05) is 31.2 Å². The van der Waals surface area contributed by atoms with Gasteiger partial charge in [-0.3, -0.25) is 4.68 Å². The second-order valence-electron chi connectivity index (χ2n) is 7.64. The Hall–Kier alpha value is -1.51. The minimum atomic E-state index is 0.756. The van der Waals surface area contributed by atoms with Crippen LogP contribution in [0.2, 0.25) is 0 Å². The molecule has 0 atom stereocenters. The molecule has 1 aromatic carbocycles. The summed E-state index contributed by atoms with van der Waals surface area (Å²) in [5.74, 6) is 1.63. The number of anilines is 1. The maximum atomic E-state index is 4.38. The smallest absolute Gasteiger partial charge is 0.0680 e. The molecule has 0 radical (unpaired) electrons. The second kappa shape index (κ2) is 7.37. The summed E-state index contributed by atoms with van der Waals surface area (Å²) in [6, 6.07) is 6.83. The van der Waals surface area contributed by atoms with Crippen molar-refractivity contribution in [2.45, 2.75) is 52.4 Å². The Labute approximate surface area is 140 Å². The van der Waals surface area contributed by atoms with E-state index < -0.39 is 0 Å². The van der Waals surface area contributed by atoms with E-state index in [4.69, 9.17) is 0 Å². The van der Waals surface area contributed by atoms with E-state index >= 15 is 0 Å². The summed E-state index contributed by atoms with van der Waals surface area (Å²) in [4.78, 5) is 2.63. The van der Waals surface area contributed by atoms with E-state index in [1.54, 1.807) is 0 Å². The standard InChI is InChI=1S/C20H31N3/c1-16(2)11-12-23(15-17-7-5-4-6-8-17)19-9-10-20-18(13-19)14-21-22(20)3/h9-10,13-14,16-17H,4-8,11-12,15H2,1-3H3. The van der Waals surface area contributed by atoms with Crippen molar-refractivity contribution >= 4 is 16.6 Å². The molecule has 1 fully saturated rings. The fourth-order valence-corrected chi connectivity index (χ4v) is 3.77. The third-order valence-corrected chi connectivity index (χ3v) is 5.27. The molecule has 1 heterocycles. The summed E-state index contributed by atoms with van der Waals surface area (Å²) >= 11 is 0. The first-order valence-corrected chi connectivity index (χ1v) is 9.30. The Morgan fingerprint density at radius 1 is 1.22 bits per heavy atom. The SMILES string of the molecule is CC(C)CCN(CC1CCCCC1)c1ccc2c(cnn2C)c1. The van der Waals surface area contributed by atoms with Gasteiger partial charge in [0.15, 0.2) is 0 Å². The fourth-order valence-electron chi connectivity index (χ4n) is 3.77. The van der Waals surface area contributed by atoms with Crippen LogP contribution < -0.4 is 4.90 Å². The Bertz CT molecular complexity index is 623. The summed E-state index contributed by atoms with van der Waals surface area (Å²) in [7, 11) is 2.01. The van der Waals surface area contributed by atoms with E-state index in [0.29, 0.717) is 0 Å². The molecule has 1 aliphatic rings. The lowest BCUT2D eigenvalue weighted by Gasteiger charge is -2.32. The first-order valence-electron chi connectivity index (χ1n) is 9.30. The Balaban J connectivity index is 1.79. The zero-order valence-corrected chi connectivity index (χ0v) is 15.0. The van der Waals surface area contributed by atoms with Gasteiger partial charge in [0.2, 0.25) is 0 Å². The molecule has 0 saturated heterocycles. The number of hydrogen-bond acceptors (Lipinski definition) is 2. The normalized spacial score (nSPS) is 16.3. The van der Waals surface area contributed by atoms with Crippen molar-refractivity contribution in [2.24, 2.45) is 18.9 Å². The molecule has 1 saturated carbocycles.